The molecule has 13 nitrogen and oxygen atoms in total. The molecular formula is C29H29ClF2N6O7. The van der Waals surface area contributed by atoms with E-state index in [0.717, 1.165) is 0 Å². The number of hydrogen-bond acceptors (Lipinski definition) is 10. The summed E-state index contributed by atoms with van der Waals surface area (Å²) in [5.41, 5.74) is -1.77. The number of rotatable bonds is 9. The first-order valence-corrected chi connectivity index (χ1v) is 14.0. The van der Waals surface area contributed by atoms with E-state index in [-0.39, 0.29) is 17.3 Å². The number of alkyl carbamates (subject to hydrolysis) is 1. The fraction of sp³-hybridized carbons (Fsp3) is 0.379. The molecule has 16 heteroatoms. The number of nitrogens with zero attached hydrogens (tertiary/aromatic N) is 5. The monoisotopic (exact) mass is 646 g/mol. The van der Waals surface area contributed by atoms with Gasteiger partial charge in [0, 0.05) is 18.5 Å². The van der Waals surface area contributed by atoms with Crippen LogP contribution in [0.2, 0.25) is 5.02 Å². The van der Waals surface area contributed by atoms with Crippen molar-refractivity contribution in [2.75, 3.05) is 20.3 Å². The topological polar surface area (TPSA) is 148 Å². The molecule has 1 amide bonds. The van der Waals surface area contributed by atoms with Gasteiger partial charge < -0.3 is 24.3 Å². The summed E-state index contributed by atoms with van der Waals surface area (Å²) in [6, 6.07) is 7.85. The van der Waals surface area contributed by atoms with Crippen molar-refractivity contribution < 1.29 is 37.3 Å². The van der Waals surface area contributed by atoms with Gasteiger partial charge in [-0.2, -0.15) is 0 Å². The van der Waals surface area contributed by atoms with Crippen LogP contribution in [0.5, 0.6) is 11.5 Å². The Bertz CT molecular complexity index is 1800. The summed E-state index contributed by atoms with van der Waals surface area (Å²) in [5.74, 6) is -3.39. The lowest BCUT2D eigenvalue weighted by atomic mass is 9.77. The van der Waals surface area contributed by atoms with E-state index in [1.807, 2.05) is 0 Å². The average Bonchev–Trinajstić information content (AvgIpc) is 3.39. The van der Waals surface area contributed by atoms with Crippen LogP contribution >= 0.6 is 11.6 Å². The number of ether oxygens (including phenoxy) is 4. The Morgan fingerprint density at radius 2 is 1.78 bits per heavy atom. The number of benzene rings is 1. The number of carbonyl (C=O) groups excluding carboxylic acids is 2. The first-order chi connectivity index (χ1) is 21.2. The molecule has 5 rings (SSSR count). The van der Waals surface area contributed by atoms with Crippen molar-refractivity contribution in [2.45, 2.75) is 50.7 Å². The summed E-state index contributed by atoms with van der Waals surface area (Å²) >= 11 is 5.90. The highest BCUT2D eigenvalue weighted by molar-refractivity contribution is 6.30. The number of aromatic nitrogens is 5. The van der Waals surface area contributed by atoms with Gasteiger partial charge in [0.1, 0.15) is 30.7 Å². The zero-order chi connectivity index (χ0) is 32.6. The molecule has 1 aromatic carbocycles. The minimum absolute atomic E-state index is 0.150. The first-order valence-electron chi connectivity index (χ1n) is 13.6. The van der Waals surface area contributed by atoms with Gasteiger partial charge in [-0.3, -0.25) is 9.36 Å². The molecule has 45 heavy (non-hydrogen) atoms. The standard InChI is InChI=1S/C29H29ClF2N6O7/c1-27(2,3)45-25(40)35-12-23(39)44-28(13-29(31,32)14-28)15-43-20-7-5-18(9-21(20)42-4)37-16-36-22-8-6-19(38(22)26(37)41)24-33-10-17(30)11-34-24/h5-11,16H,12-15H2,1-4H3,(H,35,40). The summed E-state index contributed by atoms with van der Waals surface area (Å²) in [6.07, 6.45) is 1.78. The SMILES string of the molecule is COc1cc(-n2cnc3ccc(-c4ncc(Cl)cn4)n3c2=O)ccc1OCC1(OC(=O)CNC(=O)OC(C)(C)C)CC(F)(F)C1. The van der Waals surface area contributed by atoms with Crippen molar-refractivity contribution in [3.05, 3.63) is 64.6 Å². The minimum atomic E-state index is -3.06. The van der Waals surface area contributed by atoms with E-state index >= 15 is 0 Å². The number of hydrogen-bond donors (Lipinski definition) is 1. The quantitative estimate of drug-likeness (QED) is 0.262. The van der Waals surface area contributed by atoms with Gasteiger partial charge in [0.05, 0.1) is 36.4 Å². The van der Waals surface area contributed by atoms with Crippen molar-refractivity contribution in [1.29, 1.82) is 0 Å². The fourth-order valence-corrected chi connectivity index (χ4v) is 4.86. The Hall–Kier alpha value is -4.79. The molecule has 1 fully saturated rings. The summed E-state index contributed by atoms with van der Waals surface area (Å²) in [5, 5.41) is 2.58. The zero-order valence-corrected chi connectivity index (χ0v) is 25.4. The van der Waals surface area contributed by atoms with Crippen LogP contribution in [0.25, 0.3) is 22.9 Å². The van der Waals surface area contributed by atoms with Gasteiger partial charge in [-0.25, -0.2) is 37.7 Å². The normalized spacial score (nSPS) is 15.2. The molecule has 0 bridgehead atoms. The maximum absolute atomic E-state index is 14.0. The number of alkyl halides is 2. The van der Waals surface area contributed by atoms with Crippen LogP contribution < -0.4 is 20.5 Å². The third kappa shape index (κ3) is 7.14. The molecule has 3 heterocycles. The zero-order valence-electron chi connectivity index (χ0n) is 24.7. The van der Waals surface area contributed by atoms with Crippen LogP contribution in [0.4, 0.5) is 13.6 Å². The molecule has 0 radical (unpaired) electrons. The highest BCUT2D eigenvalue weighted by atomic mass is 35.5. The van der Waals surface area contributed by atoms with Gasteiger partial charge in [0.2, 0.25) is 0 Å². The van der Waals surface area contributed by atoms with E-state index in [1.54, 1.807) is 39.0 Å². The molecule has 1 N–H and O–H groups in total. The molecule has 0 aliphatic heterocycles. The Morgan fingerprint density at radius 3 is 2.42 bits per heavy atom. The molecule has 0 atom stereocenters. The Morgan fingerprint density at radius 1 is 1.07 bits per heavy atom. The van der Waals surface area contributed by atoms with Gasteiger partial charge in [0.25, 0.3) is 5.92 Å². The highest BCUT2D eigenvalue weighted by Gasteiger charge is 2.60. The molecule has 4 aromatic rings. The van der Waals surface area contributed by atoms with Crippen LogP contribution in [0.15, 0.2) is 53.8 Å². The molecule has 3 aromatic heterocycles. The van der Waals surface area contributed by atoms with E-state index in [9.17, 15) is 23.2 Å². The first kappa shape index (κ1) is 31.6. The van der Waals surface area contributed by atoms with Crippen LogP contribution in [0.1, 0.15) is 33.6 Å². The van der Waals surface area contributed by atoms with E-state index < -0.39 is 60.9 Å². The van der Waals surface area contributed by atoms with Crippen molar-refractivity contribution >= 4 is 29.3 Å². The van der Waals surface area contributed by atoms with Gasteiger partial charge in [0.15, 0.2) is 22.9 Å². The lowest BCUT2D eigenvalue weighted by molar-refractivity contribution is -0.233. The van der Waals surface area contributed by atoms with Gasteiger partial charge >= 0.3 is 17.8 Å². The lowest BCUT2D eigenvalue weighted by Gasteiger charge is -2.45. The number of esters is 1. The molecular weight excluding hydrogens is 618 g/mol. The van der Waals surface area contributed by atoms with Crippen LogP contribution in [0, 0.1) is 0 Å². The number of nitrogens with one attached hydrogen (secondary N) is 1. The van der Waals surface area contributed by atoms with Crippen LogP contribution in [-0.4, -0.2) is 73.4 Å². The largest absolute Gasteiger partial charge is 0.493 e. The van der Waals surface area contributed by atoms with E-state index in [2.05, 4.69) is 20.3 Å². The third-order valence-corrected chi connectivity index (χ3v) is 6.79. The Labute approximate surface area is 260 Å². The lowest BCUT2D eigenvalue weighted by Crippen LogP contribution is -2.58. The molecule has 1 aliphatic rings. The predicted octanol–water partition coefficient (Wildman–Crippen LogP) is 4.22. The summed E-state index contributed by atoms with van der Waals surface area (Å²) in [4.78, 5) is 50.6. The second-order valence-electron chi connectivity index (χ2n) is 11.4. The highest BCUT2D eigenvalue weighted by Crippen LogP contribution is 2.48. The Kier molecular flexibility index (Phi) is 8.40. The maximum atomic E-state index is 14.0. The molecule has 0 unspecified atom stereocenters. The summed E-state index contributed by atoms with van der Waals surface area (Å²) in [6.45, 7) is 3.95. The second-order valence-corrected chi connectivity index (χ2v) is 11.8. The van der Waals surface area contributed by atoms with Gasteiger partial charge in [-0.1, -0.05) is 11.6 Å². The average molecular weight is 647 g/mol. The van der Waals surface area contributed by atoms with Crippen molar-refractivity contribution in [3.63, 3.8) is 0 Å². The fourth-order valence-electron chi connectivity index (χ4n) is 4.76. The number of amides is 1. The molecule has 0 saturated heterocycles. The Balaban J connectivity index is 1.33. The summed E-state index contributed by atoms with van der Waals surface area (Å²) < 4.78 is 52.2. The number of methoxy groups -OCH3 is 1. The number of halogens is 3. The van der Waals surface area contributed by atoms with Crippen molar-refractivity contribution in [1.82, 2.24) is 29.2 Å². The minimum Gasteiger partial charge on any atom is -0.493 e. The second kappa shape index (κ2) is 12.0. The predicted molar refractivity (Wildman–Crippen MR) is 156 cm³/mol. The van der Waals surface area contributed by atoms with Gasteiger partial charge in [-0.15, -0.1) is 0 Å². The van der Waals surface area contributed by atoms with Crippen LogP contribution in [-0.2, 0) is 14.3 Å². The summed E-state index contributed by atoms with van der Waals surface area (Å²) in [7, 11) is 1.37. The number of fused-ring (bicyclic) bond motifs is 1. The van der Waals surface area contributed by atoms with Gasteiger partial charge in [-0.05, 0) is 45.0 Å². The number of carbonyl (C=O) groups is 2. The van der Waals surface area contributed by atoms with Crippen molar-refractivity contribution in [2.24, 2.45) is 0 Å². The van der Waals surface area contributed by atoms with Crippen molar-refractivity contribution in [3.8, 4) is 28.7 Å². The van der Waals surface area contributed by atoms with E-state index in [1.165, 1.54) is 46.9 Å². The molecule has 238 valence electrons. The third-order valence-electron chi connectivity index (χ3n) is 6.60. The van der Waals surface area contributed by atoms with E-state index in [0.29, 0.717) is 22.1 Å². The molecule has 0 spiro atoms. The van der Waals surface area contributed by atoms with E-state index in [4.69, 9.17) is 30.5 Å². The molecule has 1 aliphatic carbocycles. The van der Waals surface area contributed by atoms with Crippen LogP contribution in [0.3, 0.4) is 0 Å². The smallest absolute Gasteiger partial charge is 0.408 e. The molecule has 1 saturated carbocycles. The maximum Gasteiger partial charge on any atom is 0.408 e.